The third-order valence-corrected chi connectivity index (χ3v) is 2.40. The second-order valence-corrected chi connectivity index (χ2v) is 3.98. The molecule has 0 spiro atoms. The van der Waals surface area contributed by atoms with E-state index in [2.05, 4.69) is 5.32 Å². The number of morpholine rings is 1. The Labute approximate surface area is 78.5 Å². The zero-order valence-corrected chi connectivity index (χ0v) is 8.21. The van der Waals surface area contributed by atoms with Crippen molar-refractivity contribution in [2.24, 2.45) is 0 Å². The van der Waals surface area contributed by atoms with Crippen molar-refractivity contribution >= 4 is 0 Å². The molecule has 0 unspecified atom stereocenters. The van der Waals surface area contributed by atoms with Crippen LogP contribution in [0.15, 0.2) is 0 Å². The summed E-state index contributed by atoms with van der Waals surface area (Å²) in [4.78, 5) is 0. The van der Waals surface area contributed by atoms with Crippen molar-refractivity contribution in [2.45, 2.75) is 31.8 Å². The van der Waals surface area contributed by atoms with Crippen molar-refractivity contribution < 1.29 is 14.2 Å². The zero-order chi connectivity index (χ0) is 9.31. The molecule has 2 aliphatic heterocycles. The lowest BCUT2D eigenvalue weighted by Gasteiger charge is -2.28. The van der Waals surface area contributed by atoms with Crippen LogP contribution in [0.4, 0.5) is 0 Å². The Kier molecular flexibility index (Phi) is 2.55. The van der Waals surface area contributed by atoms with Gasteiger partial charge in [0.15, 0.2) is 5.79 Å². The summed E-state index contributed by atoms with van der Waals surface area (Å²) in [5.74, 6) is -0.439. The molecule has 13 heavy (non-hydrogen) atoms. The second-order valence-electron chi connectivity index (χ2n) is 3.98. The normalized spacial score (nSPS) is 39.2. The van der Waals surface area contributed by atoms with E-state index in [9.17, 15) is 0 Å². The average Bonchev–Trinajstić information content (AvgIpc) is 2.48. The van der Waals surface area contributed by atoms with E-state index >= 15 is 0 Å². The molecule has 0 aliphatic carbocycles. The molecule has 4 heteroatoms. The third kappa shape index (κ3) is 2.20. The number of hydrogen-bond donors (Lipinski definition) is 1. The molecule has 1 N–H and O–H groups in total. The smallest absolute Gasteiger partial charge is 0.163 e. The maximum absolute atomic E-state index is 5.70. The number of ether oxygens (including phenoxy) is 3. The number of nitrogens with one attached hydrogen (secondary N) is 1. The van der Waals surface area contributed by atoms with Crippen LogP contribution < -0.4 is 5.32 Å². The van der Waals surface area contributed by atoms with Gasteiger partial charge in [-0.15, -0.1) is 0 Å². The van der Waals surface area contributed by atoms with Crippen molar-refractivity contribution in [3.63, 3.8) is 0 Å². The molecule has 76 valence electrons. The molecule has 4 nitrogen and oxygen atoms in total. The fraction of sp³-hybridized carbons (Fsp3) is 1.00. The quantitative estimate of drug-likeness (QED) is 0.633. The van der Waals surface area contributed by atoms with Crippen LogP contribution in [0.25, 0.3) is 0 Å². The monoisotopic (exact) mass is 187 g/mol. The van der Waals surface area contributed by atoms with Crippen LogP contribution in [-0.4, -0.2) is 44.3 Å². The highest BCUT2D eigenvalue weighted by molar-refractivity contribution is 4.81. The van der Waals surface area contributed by atoms with Gasteiger partial charge < -0.3 is 19.5 Å². The summed E-state index contributed by atoms with van der Waals surface area (Å²) in [6.07, 6.45) is 0.235. The van der Waals surface area contributed by atoms with Crippen LogP contribution in [0.5, 0.6) is 0 Å². The fourth-order valence-electron chi connectivity index (χ4n) is 1.72. The SMILES string of the molecule is CC1(C)OC[C@@H]([C@@H]2CNCCO2)O1. The van der Waals surface area contributed by atoms with Crippen LogP contribution >= 0.6 is 0 Å². The molecule has 0 amide bonds. The van der Waals surface area contributed by atoms with Gasteiger partial charge in [0.2, 0.25) is 0 Å². The van der Waals surface area contributed by atoms with E-state index in [4.69, 9.17) is 14.2 Å². The Balaban J connectivity index is 1.87. The molecule has 0 aromatic heterocycles. The molecule has 2 rings (SSSR count). The zero-order valence-electron chi connectivity index (χ0n) is 8.21. The van der Waals surface area contributed by atoms with E-state index in [1.54, 1.807) is 0 Å². The molecule has 0 radical (unpaired) electrons. The number of hydrogen-bond acceptors (Lipinski definition) is 4. The largest absolute Gasteiger partial charge is 0.373 e. The molecule has 0 aromatic carbocycles. The first-order valence-corrected chi connectivity index (χ1v) is 4.81. The molecule has 2 atom stereocenters. The topological polar surface area (TPSA) is 39.7 Å². The minimum Gasteiger partial charge on any atom is -0.373 e. The van der Waals surface area contributed by atoms with Crippen molar-refractivity contribution in [3.05, 3.63) is 0 Å². The maximum atomic E-state index is 5.70. The predicted molar refractivity (Wildman–Crippen MR) is 47.5 cm³/mol. The second kappa shape index (κ2) is 3.53. The van der Waals surface area contributed by atoms with E-state index in [0.717, 1.165) is 19.7 Å². The van der Waals surface area contributed by atoms with E-state index in [1.165, 1.54) is 0 Å². The molecular weight excluding hydrogens is 170 g/mol. The highest BCUT2D eigenvalue weighted by Gasteiger charge is 2.38. The lowest BCUT2D eigenvalue weighted by molar-refractivity contribution is -0.158. The van der Waals surface area contributed by atoms with Crippen LogP contribution in [0.3, 0.4) is 0 Å². The van der Waals surface area contributed by atoms with E-state index in [0.29, 0.717) is 6.61 Å². The van der Waals surface area contributed by atoms with E-state index in [1.807, 2.05) is 13.8 Å². The van der Waals surface area contributed by atoms with Gasteiger partial charge in [0.05, 0.1) is 19.3 Å². The summed E-state index contributed by atoms with van der Waals surface area (Å²) < 4.78 is 16.8. The predicted octanol–water partition coefficient (Wildman–Crippen LogP) is 0.126. The molecule has 2 saturated heterocycles. The van der Waals surface area contributed by atoms with Gasteiger partial charge in [-0.2, -0.15) is 0 Å². The minimum absolute atomic E-state index is 0.0859. The maximum Gasteiger partial charge on any atom is 0.163 e. The summed E-state index contributed by atoms with van der Waals surface area (Å²) >= 11 is 0. The Morgan fingerprint density at radius 1 is 1.31 bits per heavy atom. The fourth-order valence-corrected chi connectivity index (χ4v) is 1.72. The van der Waals surface area contributed by atoms with Crippen LogP contribution in [-0.2, 0) is 14.2 Å². The highest BCUT2D eigenvalue weighted by Crippen LogP contribution is 2.25. The van der Waals surface area contributed by atoms with E-state index in [-0.39, 0.29) is 12.2 Å². The molecule has 2 heterocycles. The Hall–Kier alpha value is -0.160. The van der Waals surface area contributed by atoms with Crippen molar-refractivity contribution in [1.82, 2.24) is 5.32 Å². The van der Waals surface area contributed by atoms with Gasteiger partial charge in [-0.1, -0.05) is 0 Å². The molecule has 0 saturated carbocycles. The van der Waals surface area contributed by atoms with E-state index < -0.39 is 5.79 Å². The van der Waals surface area contributed by atoms with Crippen LogP contribution in [0.1, 0.15) is 13.8 Å². The first-order chi connectivity index (χ1) is 6.17. The van der Waals surface area contributed by atoms with Crippen LogP contribution in [0.2, 0.25) is 0 Å². The lowest BCUT2D eigenvalue weighted by atomic mass is 10.2. The first-order valence-electron chi connectivity index (χ1n) is 4.81. The van der Waals surface area contributed by atoms with Gasteiger partial charge in [0.25, 0.3) is 0 Å². The molecule has 0 aromatic rings. The summed E-state index contributed by atoms with van der Waals surface area (Å²) in [6.45, 7) is 7.08. The third-order valence-electron chi connectivity index (χ3n) is 2.40. The summed E-state index contributed by atoms with van der Waals surface area (Å²) in [7, 11) is 0. The minimum atomic E-state index is -0.439. The summed E-state index contributed by atoms with van der Waals surface area (Å²) in [5, 5.41) is 3.28. The molecular formula is C9H17NO3. The lowest BCUT2D eigenvalue weighted by Crippen LogP contribution is -2.46. The summed E-state index contributed by atoms with van der Waals surface area (Å²) in [5.41, 5.74) is 0. The van der Waals surface area contributed by atoms with Crippen LogP contribution in [0, 0.1) is 0 Å². The molecule has 2 aliphatic rings. The Bertz CT molecular complexity index is 178. The highest BCUT2D eigenvalue weighted by atomic mass is 16.7. The van der Waals surface area contributed by atoms with Crippen molar-refractivity contribution in [2.75, 3.05) is 26.3 Å². The standard InChI is InChI=1S/C9H17NO3/c1-9(2)12-6-8(13-9)7-5-10-3-4-11-7/h7-8,10H,3-6H2,1-2H3/t7-,8-/m0/s1. The van der Waals surface area contributed by atoms with Gasteiger partial charge in [-0.3, -0.25) is 0 Å². The Morgan fingerprint density at radius 3 is 2.69 bits per heavy atom. The average molecular weight is 187 g/mol. The molecule has 0 bridgehead atoms. The first kappa shape index (κ1) is 9.40. The van der Waals surface area contributed by atoms with Crippen molar-refractivity contribution in [1.29, 1.82) is 0 Å². The molecule has 2 fully saturated rings. The van der Waals surface area contributed by atoms with Gasteiger partial charge in [0, 0.05) is 13.1 Å². The van der Waals surface area contributed by atoms with Gasteiger partial charge in [-0.05, 0) is 13.8 Å². The van der Waals surface area contributed by atoms with Gasteiger partial charge in [0.1, 0.15) is 6.10 Å². The van der Waals surface area contributed by atoms with Crippen molar-refractivity contribution in [3.8, 4) is 0 Å². The van der Waals surface area contributed by atoms with Gasteiger partial charge in [-0.25, -0.2) is 0 Å². The van der Waals surface area contributed by atoms with Gasteiger partial charge >= 0.3 is 0 Å². The Morgan fingerprint density at radius 2 is 2.15 bits per heavy atom. The number of rotatable bonds is 1. The summed E-state index contributed by atoms with van der Waals surface area (Å²) in [6, 6.07) is 0.